The highest BCUT2D eigenvalue weighted by Crippen LogP contribution is 2.01. The molecule has 0 aromatic heterocycles. The zero-order valence-electron chi connectivity index (χ0n) is 8.13. The molecule has 0 heterocycles. The summed E-state index contributed by atoms with van der Waals surface area (Å²) in [6.45, 7) is 5.86. The van der Waals surface area contributed by atoms with E-state index >= 15 is 0 Å². The van der Waals surface area contributed by atoms with E-state index in [1.165, 1.54) is 0 Å². The second-order valence-corrected chi connectivity index (χ2v) is 3.00. The lowest BCUT2D eigenvalue weighted by molar-refractivity contribution is -0.147. The summed E-state index contributed by atoms with van der Waals surface area (Å²) in [5.41, 5.74) is 0. The average Bonchev–Trinajstić information content (AvgIpc) is 1.86. The predicted octanol–water partition coefficient (Wildman–Crippen LogP) is 2.94. The van der Waals surface area contributed by atoms with Crippen LogP contribution in [0.1, 0.15) is 46.5 Å². The molecule has 0 bridgehead atoms. The van der Waals surface area contributed by atoms with Crippen LogP contribution in [-0.2, 0) is 9.53 Å². The molecule has 0 fully saturated rings. The van der Waals surface area contributed by atoms with Crippen LogP contribution in [0.2, 0.25) is 0 Å². The Hall–Kier alpha value is -0.240. The van der Waals surface area contributed by atoms with Crippen molar-refractivity contribution in [1.29, 1.82) is 0 Å². The Kier molecular flexibility index (Phi) is 10.5. The zero-order valence-corrected chi connectivity index (χ0v) is 8.95. The Labute approximate surface area is 81.1 Å². The summed E-state index contributed by atoms with van der Waals surface area (Å²) < 4.78 is 4.96. The standard InChI is InChI=1S/C9H18O2.ClH/c1-4-5-6-7-9(10)11-8(2)3;/h8H,4-7H2,1-3H3;1H. The number of rotatable bonds is 5. The third-order valence-electron chi connectivity index (χ3n) is 1.35. The molecule has 0 saturated heterocycles. The predicted molar refractivity (Wildman–Crippen MR) is 52.6 cm³/mol. The molecule has 0 spiro atoms. The van der Waals surface area contributed by atoms with Crippen LogP contribution >= 0.6 is 12.4 Å². The summed E-state index contributed by atoms with van der Waals surface area (Å²) >= 11 is 0. The molecule has 0 radical (unpaired) electrons. The topological polar surface area (TPSA) is 26.3 Å². The minimum Gasteiger partial charge on any atom is -0.463 e. The quantitative estimate of drug-likeness (QED) is 0.497. The zero-order chi connectivity index (χ0) is 8.69. The molecule has 0 amide bonds. The van der Waals surface area contributed by atoms with E-state index in [-0.39, 0.29) is 24.5 Å². The van der Waals surface area contributed by atoms with Gasteiger partial charge in [-0.3, -0.25) is 4.79 Å². The molecule has 12 heavy (non-hydrogen) atoms. The Bertz CT molecular complexity index is 113. The molecule has 0 unspecified atom stereocenters. The normalized spacial score (nSPS) is 9.33. The highest BCUT2D eigenvalue weighted by molar-refractivity contribution is 5.85. The van der Waals surface area contributed by atoms with Crippen molar-refractivity contribution in [1.82, 2.24) is 0 Å². The molecule has 0 atom stereocenters. The number of hydrogen-bond acceptors (Lipinski definition) is 2. The maximum absolute atomic E-state index is 10.9. The Morgan fingerprint density at radius 1 is 1.33 bits per heavy atom. The van der Waals surface area contributed by atoms with Crippen LogP contribution in [0.3, 0.4) is 0 Å². The molecule has 0 aromatic carbocycles. The number of halogens is 1. The van der Waals surface area contributed by atoms with Gasteiger partial charge in [-0.05, 0) is 20.3 Å². The largest absolute Gasteiger partial charge is 0.463 e. The maximum Gasteiger partial charge on any atom is 0.306 e. The summed E-state index contributed by atoms with van der Waals surface area (Å²) in [6, 6.07) is 0. The number of hydrogen-bond donors (Lipinski definition) is 0. The lowest BCUT2D eigenvalue weighted by Crippen LogP contribution is -2.10. The molecule has 0 aliphatic carbocycles. The fraction of sp³-hybridized carbons (Fsp3) is 0.889. The van der Waals surface area contributed by atoms with Crippen molar-refractivity contribution in [2.24, 2.45) is 0 Å². The van der Waals surface area contributed by atoms with Gasteiger partial charge in [-0.15, -0.1) is 12.4 Å². The van der Waals surface area contributed by atoms with Crippen LogP contribution in [0, 0.1) is 0 Å². The van der Waals surface area contributed by atoms with Gasteiger partial charge in [-0.2, -0.15) is 0 Å². The summed E-state index contributed by atoms with van der Waals surface area (Å²) in [4.78, 5) is 10.9. The molecule has 3 heteroatoms. The summed E-state index contributed by atoms with van der Waals surface area (Å²) in [7, 11) is 0. The van der Waals surface area contributed by atoms with Gasteiger partial charge < -0.3 is 4.74 Å². The third kappa shape index (κ3) is 9.76. The van der Waals surface area contributed by atoms with Crippen LogP contribution in [0.4, 0.5) is 0 Å². The first-order valence-electron chi connectivity index (χ1n) is 4.36. The van der Waals surface area contributed by atoms with Crippen LogP contribution in [0.25, 0.3) is 0 Å². The summed E-state index contributed by atoms with van der Waals surface area (Å²) in [6.07, 6.45) is 3.83. The van der Waals surface area contributed by atoms with E-state index in [0.29, 0.717) is 6.42 Å². The fourth-order valence-electron chi connectivity index (χ4n) is 0.841. The van der Waals surface area contributed by atoms with Gasteiger partial charge in [0.25, 0.3) is 0 Å². The van der Waals surface area contributed by atoms with E-state index in [1.54, 1.807) is 0 Å². The van der Waals surface area contributed by atoms with E-state index in [4.69, 9.17) is 4.74 Å². The molecular formula is C9H19ClO2. The van der Waals surface area contributed by atoms with E-state index in [9.17, 15) is 4.79 Å². The Balaban J connectivity index is 0. The number of unbranched alkanes of at least 4 members (excludes halogenated alkanes) is 2. The fourth-order valence-corrected chi connectivity index (χ4v) is 0.841. The van der Waals surface area contributed by atoms with Crippen LogP contribution < -0.4 is 0 Å². The number of carbonyl (C=O) groups is 1. The first-order valence-corrected chi connectivity index (χ1v) is 4.36. The molecule has 0 aromatic rings. The van der Waals surface area contributed by atoms with Gasteiger partial charge in [0, 0.05) is 6.42 Å². The van der Waals surface area contributed by atoms with Gasteiger partial charge in [0.05, 0.1) is 6.10 Å². The van der Waals surface area contributed by atoms with Crippen molar-refractivity contribution in [3.63, 3.8) is 0 Å². The summed E-state index contributed by atoms with van der Waals surface area (Å²) in [5, 5.41) is 0. The Morgan fingerprint density at radius 3 is 2.33 bits per heavy atom. The lowest BCUT2D eigenvalue weighted by Gasteiger charge is -2.06. The van der Waals surface area contributed by atoms with Crippen LogP contribution in [0.5, 0.6) is 0 Å². The maximum atomic E-state index is 10.9. The van der Waals surface area contributed by atoms with Gasteiger partial charge in [0.2, 0.25) is 0 Å². The van der Waals surface area contributed by atoms with E-state index < -0.39 is 0 Å². The van der Waals surface area contributed by atoms with Crippen molar-refractivity contribution in [2.75, 3.05) is 0 Å². The average molecular weight is 195 g/mol. The first kappa shape index (κ1) is 14.3. The summed E-state index contributed by atoms with van der Waals surface area (Å²) in [5.74, 6) is -0.0616. The van der Waals surface area contributed by atoms with Crippen molar-refractivity contribution in [3.8, 4) is 0 Å². The van der Waals surface area contributed by atoms with Crippen molar-refractivity contribution in [2.45, 2.75) is 52.6 Å². The molecule has 0 N–H and O–H groups in total. The van der Waals surface area contributed by atoms with Crippen molar-refractivity contribution >= 4 is 18.4 Å². The molecule has 0 saturated carbocycles. The van der Waals surface area contributed by atoms with E-state index in [0.717, 1.165) is 19.3 Å². The molecule has 0 aliphatic rings. The molecular weight excluding hydrogens is 176 g/mol. The van der Waals surface area contributed by atoms with Crippen molar-refractivity contribution < 1.29 is 9.53 Å². The Morgan fingerprint density at radius 2 is 1.92 bits per heavy atom. The molecule has 0 aliphatic heterocycles. The number of ether oxygens (including phenoxy) is 1. The number of esters is 1. The van der Waals surface area contributed by atoms with Gasteiger partial charge in [0.1, 0.15) is 0 Å². The molecule has 0 rings (SSSR count). The van der Waals surface area contributed by atoms with Crippen LogP contribution in [-0.4, -0.2) is 12.1 Å². The first-order chi connectivity index (χ1) is 5.16. The van der Waals surface area contributed by atoms with Crippen molar-refractivity contribution in [3.05, 3.63) is 0 Å². The van der Waals surface area contributed by atoms with Gasteiger partial charge in [-0.25, -0.2) is 0 Å². The van der Waals surface area contributed by atoms with E-state index in [1.807, 2.05) is 13.8 Å². The molecule has 74 valence electrons. The van der Waals surface area contributed by atoms with Gasteiger partial charge >= 0.3 is 5.97 Å². The second kappa shape index (κ2) is 8.85. The monoisotopic (exact) mass is 194 g/mol. The van der Waals surface area contributed by atoms with Crippen LogP contribution in [0.15, 0.2) is 0 Å². The lowest BCUT2D eigenvalue weighted by atomic mass is 10.2. The SMILES string of the molecule is CCCCCC(=O)OC(C)C.Cl. The molecule has 2 nitrogen and oxygen atoms in total. The highest BCUT2D eigenvalue weighted by atomic mass is 35.5. The smallest absolute Gasteiger partial charge is 0.306 e. The van der Waals surface area contributed by atoms with E-state index in [2.05, 4.69) is 6.92 Å². The minimum atomic E-state index is -0.0616. The third-order valence-corrected chi connectivity index (χ3v) is 1.35. The number of carbonyl (C=O) groups excluding carboxylic acids is 1. The van der Waals surface area contributed by atoms with Gasteiger partial charge in [-0.1, -0.05) is 19.8 Å². The second-order valence-electron chi connectivity index (χ2n) is 3.00. The van der Waals surface area contributed by atoms with Gasteiger partial charge in [0.15, 0.2) is 0 Å². The highest BCUT2D eigenvalue weighted by Gasteiger charge is 2.03. The minimum absolute atomic E-state index is 0.